The normalized spacial score (nSPS) is 12.8. The van der Waals surface area contributed by atoms with Crippen molar-refractivity contribution in [1.82, 2.24) is 0 Å². The van der Waals surface area contributed by atoms with Crippen LogP contribution in [-0.2, 0) is 0 Å². The van der Waals surface area contributed by atoms with Gasteiger partial charge in [-0.2, -0.15) is 0 Å². The Kier molecular flexibility index (Phi) is 3.31. The van der Waals surface area contributed by atoms with Gasteiger partial charge in [-0.05, 0) is 45.8 Å². The van der Waals surface area contributed by atoms with Crippen LogP contribution in [0.2, 0.25) is 0 Å². The summed E-state index contributed by atoms with van der Waals surface area (Å²) in [6, 6.07) is 10.3. The first-order valence-electron chi connectivity index (χ1n) is 5.95. The third kappa shape index (κ3) is 2.23. The molecule has 0 bridgehead atoms. The molecule has 0 aliphatic rings. The maximum atomic E-state index is 13.6. The Morgan fingerprint density at radius 3 is 2.55 bits per heavy atom. The molecule has 20 heavy (non-hydrogen) atoms. The number of nitrogens with two attached hydrogens (primary N) is 1. The fourth-order valence-electron chi connectivity index (χ4n) is 2.07. The Hall–Kier alpha value is -1.72. The van der Waals surface area contributed by atoms with Gasteiger partial charge in [0.15, 0.2) is 11.4 Å². The molecule has 3 aromatic rings. The van der Waals surface area contributed by atoms with E-state index in [9.17, 15) is 8.78 Å². The minimum Gasteiger partial charge on any atom is -0.456 e. The van der Waals surface area contributed by atoms with Crippen molar-refractivity contribution in [3.63, 3.8) is 0 Å². The van der Waals surface area contributed by atoms with Crippen LogP contribution in [0.15, 0.2) is 51.4 Å². The van der Waals surface area contributed by atoms with E-state index < -0.39 is 11.9 Å². The first kappa shape index (κ1) is 13.3. The lowest BCUT2D eigenvalue weighted by atomic mass is 10.1. The predicted octanol–water partition coefficient (Wildman–Crippen LogP) is 4.52. The van der Waals surface area contributed by atoms with Crippen molar-refractivity contribution >= 4 is 26.9 Å². The molecule has 2 N–H and O–H groups in total. The highest BCUT2D eigenvalue weighted by atomic mass is 79.9. The molecule has 0 spiro atoms. The van der Waals surface area contributed by atoms with E-state index in [-0.39, 0.29) is 11.4 Å². The number of hydrogen-bond acceptors (Lipinski definition) is 2. The van der Waals surface area contributed by atoms with E-state index in [4.69, 9.17) is 10.2 Å². The molecular weight excluding hydrogens is 328 g/mol. The molecule has 2 nitrogen and oxygen atoms in total. The Bertz CT molecular complexity index is 785. The molecule has 0 aliphatic heterocycles. The van der Waals surface area contributed by atoms with Gasteiger partial charge in [0.25, 0.3) is 0 Å². The number of furan rings is 1. The van der Waals surface area contributed by atoms with Crippen LogP contribution in [0.1, 0.15) is 17.4 Å². The molecule has 0 saturated carbocycles. The molecule has 0 saturated heterocycles. The van der Waals surface area contributed by atoms with Crippen LogP contribution in [-0.4, -0.2) is 0 Å². The van der Waals surface area contributed by atoms with Crippen molar-refractivity contribution in [2.75, 3.05) is 0 Å². The molecule has 0 fully saturated rings. The van der Waals surface area contributed by atoms with Gasteiger partial charge < -0.3 is 10.2 Å². The number of halogens is 3. The summed E-state index contributed by atoms with van der Waals surface area (Å²) in [7, 11) is 0. The Morgan fingerprint density at radius 2 is 1.85 bits per heavy atom. The number of para-hydroxylation sites is 1. The second-order valence-corrected chi connectivity index (χ2v) is 5.31. The smallest absolute Gasteiger partial charge is 0.169 e. The maximum Gasteiger partial charge on any atom is 0.169 e. The first-order valence-corrected chi connectivity index (χ1v) is 6.74. The second-order valence-electron chi connectivity index (χ2n) is 4.46. The van der Waals surface area contributed by atoms with Gasteiger partial charge in [-0.1, -0.05) is 18.2 Å². The second kappa shape index (κ2) is 5.00. The van der Waals surface area contributed by atoms with Crippen molar-refractivity contribution in [2.24, 2.45) is 5.73 Å². The fraction of sp³-hybridized carbons (Fsp3) is 0.0667. The molecule has 5 heteroatoms. The molecule has 2 aromatic carbocycles. The van der Waals surface area contributed by atoms with Crippen LogP contribution < -0.4 is 5.73 Å². The zero-order valence-corrected chi connectivity index (χ0v) is 11.8. The van der Waals surface area contributed by atoms with E-state index >= 15 is 0 Å². The lowest BCUT2D eigenvalue weighted by Gasteiger charge is -2.09. The summed E-state index contributed by atoms with van der Waals surface area (Å²) in [5.74, 6) is -0.360. The van der Waals surface area contributed by atoms with Crippen molar-refractivity contribution in [3.8, 4) is 0 Å². The van der Waals surface area contributed by atoms with Crippen molar-refractivity contribution in [1.29, 1.82) is 0 Å². The van der Waals surface area contributed by atoms with Gasteiger partial charge in [0.2, 0.25) is 0 Å². The molecule has 0 radical (unpaired) electrons. The summed E-state index contributed by atoms with van der Waals surface area (Å²) in [5, 5.41) is 0.650. The van der Waals surface area contributed by atoms with Crippen LogP contribution in [0.4, 0.5) is 8.78 Å². The zero-order chi connectivity index (χ0) is 14.3. The molecule has 3 rings (SSSR count). The number of rotatable bonds is 2. The summed E-state index contributed by atoms with van der Waals surface area (Å²) >= 11 is 3.11. The monoisotopic (exact) mass is 337 g/mol. The highest BCUT2D eigenvalue weighted by Crippen LogP contribution is 2.29. The van der Waals surface area contributed by atoms with Crippen LogP contribution in [0.3, 0.4) is 0 Å². The van der Waals surface area contributed by atoms with Gasteiger partial charge in [0.1, 0.15) is 11.6 Å². The Morgan fingerprint density at radius 1 is 1.05 bits per heavy atom. The molecule has 0 amide bonds. The maximum absolute atomic E-state index is 13.6. The predicted molar refractivity (Wildman–Crippen MR) is 76.3 cm³/mol. The van der Waals surface area contributed by atoms with Crippen molar-refractivity contribution < 1.29 is 13.2 Å². The van der Waals surface area contributed by atoms with Crippen LogP contribution in [0, 0.1) is 11.6 Å². The molecular formula is C15H10BrF2NO. The molecule has 1 atom stereocenters. The van der Waals surface area contributed by atoms with E-state index in [1.165, 1.54) is 12.1 Å². The topological polar surface area (TPSA) is 39.2 Å². The van der Waals surface area contributed by atoms with Crippen LogP contribution >= 0.6 is 15.9 Å². The minimum atomic E-state index is -0.585. The minimum absolute atomic E-state index is 0.180. The van der Waals surface area contributed by atoms with Crippen molar-refractivity contribution in [3.05, 3.63) is 69.9 Å². The van der Waals surface area contributed by atoms with Gasteiger partial charge in [-0.3, -0.25) is 0 Å². The average Bonchev–Trinajstić information content (AvgIpc) is 2.86. The van der Waals surface area contributed by atoms with Gasteiger partial charge in [0.05, 0.1) is 10.5 Å². The van der Waals surface area contributed by atoms with Crippen LogP contribution in [0.5, 0.6) is 0 Å². The fourth-order valence-corrected chi connectivity index (χ4v) is 2.47. The van der Waals surface area contributed by atoms with E-state index in [0.29, 0.717) is 21.2 Å². The molecule has 1 aromatic heterocycles. The first-order chi connectivity index (χ1) is 9.56. The number of fused-ring (bicyclic) bond motifs is 1. The van der Waals surface area contributed by atoms with Gasteiger partial charge in [-0.15, -0.1) is 0 Å². The zero-order valence-electron chi connectivity index (χ0n) is 10.2. The third-order valence-electron chi connectivity index (χ3n) is 3.12. The van der Waals surface area contributed by atoms with Crippen molar-refractivity contribution in [2.45, 2.75) is 6.04 Å². The van der Waals surface area contributed by atoms with E-state index in [1.807, 2.05) is 0 Å². The SMILES string of the molecule is NC(c1ccc(F)c(Br)c1)c1cc2cccc(F)c2o1. The van der Waals surface area contributed by atoms with E-state index in [2.05, 4.69) is 15.9 Å². The summed E-state index contributed by atoms with van der Waals surface area (Å²) in [6.07, 6.45) is 0. The van der Waals surface area contributed by atoms with Crippen LogP contribution in [0.25, 0.3) is 11.0 Å². The average molecular weight is 338 g/mol. The molecule has 102 valence electrons. The summed E-state index contributed by atoms with van der Waals surface area (Å²) in [6.45, 7) is 0. The van der Waals surface area contributed by atoms with Gasteiger partial charge >= 0.3 is 0 Å². The molecule has 1 heterocycles. The quantitative estimate of drug-likeness (QED) is 0.746. The Balaban J connectivity index is 2.05. The molecule has 1 unspecified atom stereocenters. The molecule has 0 aliphatic carbocycles. The summed E-state index contributed by atoms with van der Waals surface area (Å²) in [5.41, 5.74) is 6.95. The van der Waals surface area contributed by atoms with Gasteiger partial charge in [0, 0.05) is 5.39 Å². The van der Waals surface area contributed by atoms with E-state index in [1.54, 1.807) is 30.3 Å². The highest BCUT2D eigenvalue weighted by molar-refractivity contribution is 9.10. The lowest BCUT2D eigenvalue weighted by molar-refractivity contribution is 0.501. The van der Waals surface area contributed by atoms with E-state index in [0.717, 1.165) is 0 Å². The lowest BCUT2D eigenvalue weighted by Crippen LogP contribution is -2.10. The summed E-state index contributed by atoms with van der Waals surface area (Å²) in [4.78, 5) is 0. The Labute approximate surface area is 122 Å². The van der Waals surface area contributed by atoms with Gasteiger partial charge in [-0.25, -0.2) is 8.78 Å². The number of benzene rings is 2. The number of hydrogen-bond donors (Lipinski definition) is 1. The standard InChI is InChI=1S/C15H10BrF2NO/c16-10-6-8(4-5-11(10)17)14(19)13-7-9-2-1-3-12(18)15(9)20-13/h1-7,14H,19H2. The largest absolute Gasteiger partial charge is 0.456 e. The third-order valence-corrected chi connectivity index (χ3v) is 3.73. The highest BCUT2D eigenvalue weighted by Gasteiger charge is 2.16. The summed E-state index contributed by atoms with van der Waals surface area (Å²) < 4.78 is 32.6.